The Balaban J connectivity index is 1.91. The van der Waals surface area contributed by atoms with Gasteiger partial charge in [-0.2, -0.15) is 4.98 Å². The standard InChI is InChI=1S/C22H27N5O2/c1-4-29-18-7-5-17(6-8-18)24-21-13-19(16-9-11-23-12-10-16)25-22(27-21)26-20(14-28)15(2)3/h5-13,15,20,28H,4,14H2,1-3H3,(H2,24,25,26,27)/t20-/m0/s1. The van der Waals surface area contributed by atoms with E-state index in [4.69, 9.17) is 4.74 Å². The fraction of sp³-hybridized carbons (Fsp3) is 0.318. The van der Waals surface area contributed by atoms with Gasteiger partial charge in [-0.1, -0.05) is 13.8 Å². The largest absolute Gasteiger partial charge is 0.494 e. The molecule has 0 amide bonds. The van der Waals surface area contributed by atoms with E-state index >= 15 is 0 Å². The van der Waals surface area contributed by atoms with Crippen LogP contribution in [0.3, 0.4) is 0 Å². The Morgan fingerprint density at radius 2 is 1.76 bits per heavy atom. The molecule has 0 saturated heterocycles. The number of aromatic nitrogens is 3. The van der Waals surface area contributed by atoms with Gasteiger partial charge in [0.15, 0.2) is 0 Å². The van der Waals surface area contributed by atoms with E-state index in [1.165, 1.54) is 0 Å². The monoisotopic (exact) mass is 393 g/mol. The van der Waals surface area contributed by atoms with E-state index in [2.05, 4.69) is 25.6 Å². The topological polar surface area (TPSA) is 92.2 Å². The Hall–Kier alpha value is -3.19. The predicted octanol–water partition coefficient (Wildman–Crippen LogP) is 4.11. The Bertz CT molecular complexity index is 901. The summed E-state index contributed by atoms with van der Waals surface area (Å²) in [7, 11) is 0. The van der Waals surface area contributed by atoms with Gasteiger partial charge < -0.3 is 20.5 Å². The van der Waals surface area contributed by atoms with E-state index in [1.54, 1.807) is 12.4 Å². The van der Waals surface area contributed by atoms with Crippen LogP contribution >= 0.6 is 0 Å². The first kappa shape index (κ1) is 20.5. The molecule has 1 atom stereocenters. The molecule has 0 saturated carbocycles. The van der Waals surface area contributed by atoms with Gasteiger partial charge in [0.1, 0.15) is 11.6 Å². The summed E-state index contributed by atoms with van der Waals surface area (Å²) in [4.78, 5) is 13.3. The summed E-state index contributed by atoms with van der Waals surface area (Å²) in [5.74, 6) is 2.17. The average Bonchev–Trinajstić information content (AvgIpc) is 2.74. The quantitative estimate of drug-likeness (QED) is 0.504. The highest BCUT2D eigenvalue weighted by molar-refractivity contribution is 5.67. The van der Waals surface area contributed by atoms with Gasteiger partial charge in [0.05, 0.1) is 24.9 Å². The summed E-state index contributed by atoms with van der Waals surface area (Å²) in [5, 5.41) is 16.2. The first-order chi connectivity index (χ1) is 14.1. The zero-order chi connectivity index (χ0) is 20.6. The number of aliphatic hydroxyl groups excluding tert-OH is 1. The molecule has 0 fully saturated rings. The Morgan fingerprint density at radius 3 is 2.38 bits per heavy atom. The van der Waals surface area contributed by atoms with E-state index < -0.39 is 0 Å². The number of rotatable bonds is 9. The fourth-order valence-corrected chi connectivity index (χ4v) is 2.78. The number of pyridine rings is 1. The smallest absolute Gasteiger partial charge is 0.225 e. The van der Waals surface area contributed by atoms with Crippen molar-refractivity contribution in [2.45, 2.75) is 26.8 Å². The van der Waals surface area contributed by atoms with Crippen LogP contribution in [0.4, 0.5) is 17.5 Å². The van der Waals surface area contributed by atoms with Crippen molar-refractivity contribution in [3.8, 4) is 17.0 Å². The van der Waals surface area contributed by atoms with Crippen molar-refractivity contribution < 1.29 is 9.84 Å². The fourth-order valence-electron chi connectivity index (χ4n) is 2.78. The first-order valence-corrected chi connectivity index (χ1v) is 9.75. The van der Waals surface area contributed by atoms with Gasteiger partial charge in [-0.05, 0) is 49.2 Å². The minimum Gasteiger partial charge on any atom is -0.494 e. The number of nitrogens with one attached hydrogen (secondary N) is 2. The maximum atomic E-state index is 9.66. The van der Waals surface area contributed by atoms with Crippen LogP contribution in [0, 0.1) is 5.92 Å². The molecule has 0 spiro atoms. The summed E-state index contributed by atoms with van der Waals surface area (Å²) in [5.41, 5.74) is 2.59. The second-order valence-corrected chi connectivity index (χ2v) is 6.96. The molecule has 7 nitrogen and oxygen atoms in total. The molecule has 2 aromatic heterocycles. The predicted molar refractivity (Wildman–Crippen MR) is 115 cm³/mol. The SMILES string of the molecule is CCOc1ccc(Nc2cc(-c3ccncc3)nc(N[C@@H](CO)C(C)C)n2)cc1. The molecular formula is C22H27N5O2. The molecule has 0 radical (unpaired) electrons. The number of hydrogen-bond donors (Lipinski definition) is 3. The average molecular weight is 393 g/mol. The summed E-state index contributed by atoms with van der Waals surface area (Å²) >= 11 is 0. The van der Waals surface area contributed by atoms with Crippen LogP contribution in [0.5, 0.6) is 5.75 Å². The van der Waals surface area contributed by atoms with Gasteiger partial charge in [0.2, 0.25) is 5.95 Å². The van der Waals surface area contributed by atoms with Crippen molar-refractivity contribution in [2.75, 3.05) is 23.8 Å². The summed E-state index contributed by atoms with van der Waals surface area (Å²) in [6, 6.07) is 13.3. The van der Waals surface area contributed by atoms with Gasteiger partial charge in [0, 0.05) is 29.7 Å². The maximum absolute atomic E-state index is 9.66. The molecule has 152 valence electrons. The molecule has 0 aliphatic rings. The highest BCUT2D eigenvalue weighted by Gasteiger charge is 2.15. The summed E-state index contributed by atoms with van der Waals surface area (Å²) < 4.78 is 5.49. The molecule has 0 bridgehead atoms. The molecular weight excluding hydrogens is 366 g/mol. The third-order valence-corrected chi connectivity index (χ3v) is 4.46. The van der Waals surface area contributed by atoms with Crippen LogP contribution in [0.25, 0.3) is 11.3 Å². The van der Waals surface area contributed by atoms with Crippen LogP contribution in [0.1, 0.15) is 20.8 Å². The number of anilines is 3. The van der Waals surface area contributed by atoms with E-state index in [0.29, 0.717) is 18.4 Å². The van der Waals surface area contributed by atoms with E-state index in [-0.39, 0.29) is 18.6 Å². The third-order valence-electron chi connectivity index (χ3n) is 4.46. The number of aliphatic hydroxyl groups is 1. The zero-order valence-corrected chi connectivity index (χ0v) is 17.0. The highest BCUT2D eigenvalue weighted by Crippen LogP contribution is 2.25. The van der Waals surface area contributed by atoms with Crippen LogP contribution in [0.15, 0.2) is 54.9 Å². The van der Waals surface area contributed by atoms with Crippen molar-refractivity contribution in [3.63, 3.8) is 0 Å². The van der Waals surface area contributed by atoms with Gasteiger partial charge in [0.25, 0.3) is 0 Å². The van der Waals surface area contributed by atoms with Crippen LogP contribution < -0.4 is 15.4 Å². The van der Waals surface area contributed by atoms with E-state index in [0.717, 1.165) is 22.7 Å². The number of ether oxygens (including phenoxy) is 1. The lowest BCUT2D eigenvalue weighted by Crippen LogP contribution is -2.30. The third kappa shape index (κ3) is 5.65. The van der Waals surface area contributed by atoms with Crippen molar-refractivity contribution >= 4 is 17.5 Å². The second-order valence-electron chi connectivity index (χ2n) is 6.96. The molecule has 29 heavy (non-hydrogen) atoms. The molecule has 3 aromatic rings. The first-order valence-electron chi connectivity index (χ1n) is 9.75. The molecule has 0 aliphatic heterocycles. The van der Waals surface area contributed by atoms with Gasteiger partial charge >= 0.3 is 0 Å². The molecule has 1 aromatic carbocycles. The maximum Gasteiger partial charge on any atom is 0.225 e. The molecule has 3 N–H and O–H groups in total. The van der Waals surface area contributed by atoms with Crippen LogP contribution in [0.2, 0.25) is 0 Å². The Morgan fingerprint density at radius 1 is 1.03 bits per heavy atom. The lowest BCUT2D eigenvalue weighted by Gasteiger charge is -2.20. The van der Waals surface area contributed by atoms with Crippen LogP contribution in [-0.2, 0) is 0 Å². The van der Waals surface area contributed by atoms with Gasteiger partial charge in [-0.3, -0.25) is 4.98 Å². The summed E-state index contributed by atoms with van der Waals surface area (Å²) in [6.45, 7) is 6.67. The molecule has 7 heteroatoms. The highest BCUT2D eigenvalue weighted by atomic mass is 16.5. The minimum atomic E-state index is -0.138. The van der Waals surface area contributed by atoms with E-state index in [1.807, 2.05) is 63.2 Å². The molecule has 0 unspecified atom stereocenters. The number of nitrogens with zero attached hydrogens (tertiary/aromatic N) is 3. The lowest BCUT2D eigenvalue weighted by atomic mass is 10.1. The zero-order valence-electron chi connectivity index (χ0n) is 17.0. The van der Waals surface area contributed by atoms with Gasteiger partial charge in [-0.15, -0.1) is 0 Å². The normalized spacial score (nSPS) is 11.9. The molecule has 2 heterocycles. The molecule has 0 aliphatic carbocycles. The lowest BCUT2D eigenvalue weighted by molar-refractivity contribution is 0.248. The van der Waals surface area contributed by atoms with Crippen molar-refractivity contribution in [1.82, 2.24) is 15.0 Å². The van der Waals surface area contributed by atoms with Crippen molar-refractivity contribution in [3.05, 3.63) is 54.9 Å². The summed E-state index contributed by atoms with van der Waals surface area (Å²) in [6.07, 6.45) is 3.46. The minimum absolute atomic E-state index is 0.00215. The van der Waals surface area contributed by atoms with Gasteiger partial charge in [-0.25, -0.2) is 4.98 Å². The van der Waals surface area contributed by atoms with Crippen molar-refractivity contribution in [1.29, 1.82) is 0 Å². The van der Waals surface area contributed by atoms with Crippen molar-refractivity contribution in [2.24, 2.45) is 5.92 Å². The number of benzene rings is 1. The number of hydrogen-bond acceptors (Lipinski definition) is 7. The Kier molecular flexibility index (Phi) is 6.97. The molecule has 3 rings (SSSR count). The Labute approximate surface area is 171 Å². The van der Waals surface area contributed by atoms with E-state index in [9.17, 15) is 5.11 Å². The second kappa shape index (κ2) is 9.84. The van der Waals surface area contributed by atoms with Crippen LogP contribution in [-0.4, -0.2) is 39.3 Å².